The maximum atomic E-state index is 13.2. The predicted molar refractivity (Wildman–Crippen MR) is 117 cm³/mol. The van der Waals surface area contributed by atoms with E-state index in [4.69, 9.17) is 20.0 Å². The second-order valence-electron chi connectivity index (χ2n) is 7.51. The summed E-state index contributed by atoms with van der Waals surface area (Å²) < 4.78 is 25.3. The van der Waals surface area contributed by atoms with E-state index in [0.717, 1.165) is 18.4 Å². The van der Waals surface area contributed by atoms with Crippen LogP contribution in [-0.4, -0.2) is 39.5 Å². The monoisotopic (exact) mass is 441 g/mol. The average Bonchev–Trinajstić information content (AvgIpc) is 3.45. The largest absolute Gasteiger partial charge is 0.493 e. The number of hydrogen-bond acceptors (Lipinski definition) is 6. The van der Waals surface area contributed by atoms with Crippen molar-refractivity contribution in [3.63, 3.8) is 0 Å². The van der Waals surface area contributed by atoms with E-state index in [-0.39, 0.29) is 24.6 Å². The molecule has 1 amide bonds. The third kappa shape index (κ3) is 6.23. The van der Waals surface area contributed by atoms with Gasteiger partial charge in [0.15, 0.2) is 5.76 Å². The SMILES string of the molecule is [2H]C(C)(C)N(Cc1ccccc1OCCCCCC(=O)O)C(=O)c1cnc(-c2ccco2)o1. The average molecular weight is 442 g/mol. The summed E-state index contributed by atoms with van der Waals surface area (Å²) in [6.07, 6.45) is 5.05. The highest BCUT2D eigenvalue weighted by Gasteiger charge is 2.24. The minimum atomic E-state index is -1.24. The molecule has 1 N–H and O–H groups in total. The smallest absolute Gasteiger partial charge is 0.303 e. The first kappa shape index (κ1) is 21.7. The number of benzene rings is 1. The van der Waals surface area contributed by atoms with Crippen molar-refractivity contribution >= 4 is 11.9 Å². The fraction of sp³-hybridized carbons (Fsp3) is 0.375. The van der Waals surface area contributed by atoms with E-state index in [1.165, 1.54) is 17.4 Å². The van der Waals surface area contributed by atoms with E-state index in [2.05, 4.69) is 4.98 Å². The summed E-state index contributed by atoms with van der Waals surface area (Å²) in [6, 6.07) is 9.49. The molecule has 0 spiro atoms. The van der Waals surface area contributed by atoms with Gasteiger partial charge in [-0.3, -0.25) is 9.59 Å². The number of aromatic nitrogens is 1. The topological polar surface area (TPSA) is 106 Å². The molecule has 2 heterocycles. The minimum Gasteiger partial charge on any atom is -0.493 e. The highest BCUT2D eigenvalue weighted by Crippen LogP contribution is 2.24. The Kier molecular flexibility index (Phi) is 7.57. The summed E-state index contributed by atoms with van der Waals surface area (Å²) in [4.78, 5) is 29.3. The molecular formula is C24H28N2O6. The van der Waals surface area contributed by atoms with Crippen molar-refractivity contribution in [2.24, 2.45) is 0 Å². The number of carboxylic acid groups (broad SMARTS) is 1. The van der Waals surface area contributed by atoms with Gasteiger partial charge in [-0.2, -0.15) is 0 Å². The number of nitrogens with zero attached hydrogens (tertiary/aromatic N) is 2. The van der Waals surface area contributed by atoms with Gasteiger partial charge in [-0.1, -0.05) is 18.2 Å². The molecule has 0 radical (unpaired) electrons. The highest BCUT2D eigenvalue weighted by molar-refractivity contribution is 5.91. The summed E-state index contributed by atoms with van der Waals surface area (Å²) in [5, 5.41) is 8.72. The fourth-order valence-electron chi connectivity index (χ4n) is 3.14. The van der Waals surface area contributed by atoms with Crippen LogP contribution in [0.3, 0.4) is 0 Å². The number of unbranched alkanes of at least 4 members (excludes halogenated alkanes) is 2. The molecule has 0 saturated carbocycles. The standard InChI is InChI=1S/C24H28N2O6/c1-17(2)26(24(29)21-15-25-23(32-21)20-11-8-14-31-20)16-18-9-5-6-10-19(18)30-13-7-3-4-12-22(27)28/h5-6,8-11,14-15,17H,3-4,7,12-13,16H2,1-2H3,(H,27,28)/i17D. The molecule has 0 aliphatic rings. The molecule has 0 saturated heterocycles. The van der Waals surface area contributed by atoms with Crippen molar-refractivity contribution in [3.8, 4) is 17.4 Å². The number of carbonyl (C=O) groups excluding carboxylic acids is 1. The second-order valence-corrected chi connectivity index (χ2v) is 7.51. The van der Waals surface area contributed by atoms with E-state index in [9.17, 15) is 9.59 Å². The van der Waals surface area contributed by atoms with Crippen LogP contribution in [0.4, 0.5) is 0 Å². The molecule has 170 valence electrons. The Balaban J connectivity index is 1.70. The van der Waals surface area contributed by atoms with Gasteiger partial charge in [-0.05, 0) is 51.3 Å². The Bertz CT molecular complexity index is 1060. The van der Waals surface area contributed by atoms with E-state index in [0.29, 0.717) is 24.5 Å². The molecule has 3 aromatic rings. The van der Waals surface area contributed by atoms with Crippen molar-refractivity contribution in [1.82, 2.24) is 9.88 Å². The first-order chi connectivity index (χ1) is 15.8. The lowest BCUT2D eigenvalue weighted by Gasteiger charge is -2.26. The highest BCUT2D eigenvalue weighted by atomic mass is 16.5. The van der Waals surface area contributed by atoms with Crippen molar-refractivity contribution in [2.75, 3.05) is 6.61 Å². The van der Waals surface area contributed by atoms with E-state index >= 15 is 0 Å². The summed E-state index contributed by atoms with van der Waals surface area (Å²) in [5.74, 6) is -0.0356. The molecule has 8 heteroatoms. The lowest BCUT2D eigenvalue weighted by Crippen LogP contribution is -2.36. The van der Waals surface area contributed by atoms with Crippen LogP contribution in [0.15, 0.2) is 57.7 Å². The lowest BCUT2D eigenvalue weighted by molar-refractivity contribution is -0.137. The van der Waals surface area contributed by atoms with Crippen molar-refractivity contribution < 1.29 is 29.6 Å². The zero-order chi connectivity index (χ0) is 23.8. The van der Waals surface area contributed by atoms with Crippen molar-refractivity contribution in [3.05, 3.63) is 60.2 Å². The first-order valence-electron chi connectivity index (χ1n) is 11.0. The number of amides is 1. The number of ether oxygens (including phenoxy) is 1. The number of oxazole rings is 1. The second kappa shape index (κ2) is 11.2. The molecule has 8 nitrogen and oxygen atoms in total. The number of hydrogen-bond donors (Lipinski definition) is 1. The van der Waals surface area contributed by atoms with Crippen molar-refractivity contribution in [2.45, 2.75) is 52.1 Å². The third-order valence-electron chi connectivity index (χ3n) is 4.83. The molecule has 1 aromatic carbocycles. The summed E-state index contributed by atoms with van der Waals surface area (Å²) in [5.41, 5.74) is 0.752. The van der Waals surface area contributed by atoms with Crippen LogP contribution in [0.5, 0.6) is 5.75 Å². The number of rotatable bonds is 12. The van der Waals surface area contributed by atoms with Crippen LogP contribution in [0.25, 0.3) is 11.7 Å². The molecule has 0 unspecified atom stereocenters. The summed E-state index contributed by atoms with van der Waals surface area (Å²) in [7, 11) is 0. The van der Waals surface area contributed by atoms with Crippen LogP contribution in [-0.2, 0) is 11.3 Å². The maximum Gasteiger partial charge on any atom is 0.303 e. The van der Waals surface area contributed by atoms with Gasteiger partial charge in [-0.15, -0.1) is 0 Å². The Labute approximate surface area is 188 Å². The van der Waals surface area contributed by atoms with E-state index in [1.807, 2.05) is 24.3 Å². The van der Waals surface area contributed by atoms with Gasteiger partial charge in [0, 0.05) is 18.0 Å². The third-order valence-corrected chi connectivity index (χ3v) is 4.83. The molecular weight excluding hydrogens is 412 g/mol. The molecule has 3 rings (SSSR count). The van der Waals surface area contributed by atoms with Crippen molar-refractivity contribution in [1.29, 1.82) is 0 Å². The van der Waals surface area contributed by atoms with Crippen LogP contribution >= 0.6 is 0 Å². The summed E-state index contributed by atoms with van der Waals surface area (Å²) in [6.45, 7) is 3.83. The number of aliphatic carboxylic acids is 1. The van der Waals surface area contributed by atoms with Gasteiger partial charge < -0.3 is 23.6 Å². The van der Waals surface area contributed by atoms with Gasteiger partial charge in [0.1, 0.15) is 5.75 Å². The summed E-state index contributed by atoms with van der Waals surface area (Å²) >= 11 is 0. The van der Waals surface area contributed by atoms with Crippen LogP contribution < -0.4 is 4.74 Å². The number of carboxylic acids is 1. The molecule has 2 aromatic heterocycles. The Morgan fingerprint density at radius 1 is 1.19 bits per heavy atom. The van der Waals surface area contributed by atoms with Crippen LogP contribution in [0.1, 0.15) is 57.0 Å². The fourth-order valence-corrected chi connectivity index (χ4v) is 3.14. The Morgan fingerprint density at radius 2 is 2.00 bits per heavy atom. The number of carbonyl (C=O) groups is 2. The molecule has 32 heavy (non-hydrogen) atoms. The van der Waals surface area contributed by atoms with Gasteiger partial charge in [0.2, 0.25) is 5.76 Å². The number of furan rings is 1. The van der Waals surface area contributed by atoms with Gasteiger partial charge >= 0.3 is 5.97 Å². The molecule has 0 aliphatic heterocycles. The molecule has 0 fully saturated rings. The quantitative estimate of drug-likeness (QED) is 0.394. The van der Waals surface area contributed by atoms with Gasteiger partial charge in [0.05, 0.1) is 27.0 Å². The Morgan fingerprint density at radius 3 is 2.72 bits per heavy atom. The lowest BCUT2D eigenvalue weighted by atomic mass is 10.1. The molecule has 0 atom stereocenters. The van der Waals surface area contributed by atoms with Gasteiger partial charge in [-0.25, -0.2) is 4.98 Å². The predicted octanol–water partition coefficient (Wildman–Crippen LogP) is 5.01. The first-order valence-corrected chi connectivity index (χ1v) is 10.5. The van der Waals surface area contributed by atoms with Crippen LogP contribution in [0, 0.1) is 0 Å². The number of para-hydroxylation sites is 1. The molecule has 0 aliphatic carbocycles. The van der Waals surface area contributed by atoms with E-state index in [1.54, 1.807) is 26.0 Å². The van der Waals surface area contributed by atoms with Crippen LogP contribution in [0.2, 0.25) is 0 Å². The zero-order valence-corrected chi connectivity index (χ0v) is 18.2. The normalized spacial score (nSPS) is 11.8. The minimum absolute atomic E-state index is 0.0126. The Hall–Kier alpha value is -3.55. The molecule has 0 bridgehead atoms. The maximum absolute atomic E-state index is 13.2. The van der Waals surface area contributed by atoms with E-state index < -0.39 is 17.9 Å². The van der Waals surface area contributed by atoms with Gasteiger partial charge in [0.25, 0.3) is 11.8 Å². The zero-order valence-electron chi connectivity index (χ0n) is 19.2.